The summed E-state index contributed by atoms with van der Waals surface area (Å²) in [5, 5.41) is 9.14. The predicted octanol–water partition coefficient (Wildman–Crippen LogP) is 4.42. The number of allylic oxidation sites excluding steroid dienone is 1. The molecule has 0 saturated heterocycles. The zero-order valence-electron chi connectivity index (χ0n) is 17.1. The van der Waals surface area contributed by atoms with Crippen molar-refractivity contribution >= 4 is 11.9 Å². The van der Waals surface area contributed by atoms with Crippen molar-refractivity contribution in [2.24, 2.45) is 17.3 Å². The van der Waals surface area contributed by atoms with E-state index < -0.39 is 17.3 Å². The fraction of sp³-hybridized carbons (Fsp3) is 0.292. The molecule has 154 valence electrons. The number of methoxy groups -OCH3 is 1. The van der Waals surface area contributed by atoms with Crippen molar-refractivity contribution < 1.29 is 23.8 Å². The molecule has 2 unspecified atom stereocenters. The van der Waals surface area contributed by atoms with Gasteiger partial charge in [-0.3, -0.25) is 4.79 Å². The largest absolute Gasteiger partial charge is 0.465 e. The number of nitriles is 1. The van der Waals surface area contributed by atoms with E-state index in [0.717, 1.165) is 11.3 Å². The van der Waals surface area contributed by atoms with Gasteiger partial charge in [0.15, 0.2) is 0 Å². The first-order valence-electron chi connectivity index (χ1n) is 9.55. The lowest BCUT2D eigenvalue weighted by atomic mass is 10.1. The highest BCUT2D eigenvalue weighted by Gasteiger charge is 2.61. The molecule has 0 heterocycles. The van der Waals surface area contributed by atoms with Crippen molar-refractivity contribution in [2.45, 2.75) is 20.5 Å². The fourth-order valence-electron chi connectivity index (χ4n) is 3.45. The van der Waals surface area contributed by atoms with Crippen LogP contribution in [0.3, 0.4) is 0 Å². The standard InChI is InChI=1S/C24H23NO5/c1-24(2)20(13-17(14-25)22(26)28-3)21(24)23(27)29-15-16-8-7-11-19(12-16)30-18-9-5-4-6-10-18/h4-13,20-21H,15H2,1-3H3. The number of ether oxygens (including phenoxy) is 3. The van der Waals surface area contributed by atoms with Gasteiger partial charge >= 0.3 is 11.9 Å². The number of carbonyl (C=O) groups excluding carboxylic acids is 2. The van der Waals surface area contributed by atoms with Gasteiger partial charge in [0, 0.05) is 0 Å². The zero-order chi connectivity index (χ0) is 21.7. The summed E-state index contributed by atoms with van der Waals surface area (Å²) in [6.07, 6.45) is 1.51. The highest BCUT2D eigenvalue weighted by Crippen LogP contribution is 2.59. The summed E-state index contributed by atoms with van der Waals surface area (Å²) in [5.74, 6) is -0.375. The van der Waals surface area contributed by atoms with Gasteiger partial charge in [-0.1, -0.05) is 50.3 Å². The number of hydrogen-bond donors (Lipinski definition) is 0. The molecule has 6 heteroatoms. The van der Waals surface area contributed by atoms with Crippen LogP contribution in [0, 0.1) is 28.6 Å². The number of hydrogen-bond acceptors (Lipinski definition) is 6. The second-order valence-electron chi connectivity index (χ2n) is 7.68. The summed E-state index contributed by atoms with van der Waals surface area (Å²) >= 11 is 0. The summed E-state index contributed by atoms with van der Waals surface area (Å²) in [6.45, 7) is 3.91. The first kappa shape index (κ1) is 21.1. The quantitative estimate of drug-likeness (QED) is 0.385. The van der Waals surface area contributed by atoms with Crippen LogP contribution in [0.1, 0.15) is 19.4 Å². The Labute approximate surface area is 175 Å². The van der Waals surface area contributed by atoms with Gasteiger partial charge in [-0.15, -0.1) is 0 Å². The smallest absolute Gasteiger partial charge is 0.348 e. The van der Waals surface area contributed by atoms with Crippen LogP contribution >= 0.6 is 0 Å². The zero-order valence-corrected chi connectivity index (χ0v) is 17.1. The minimum atomic E-state index is -0.706. The van der Waals surface area contributed by atoms with E-state index in [1.807, 2.05) is 74.5 Å². The second-order valence-corrected chi connectivity index (χ2v) is 7.68. The van der Waals surface area contributed by atoms with E-state index >= 15 is 0 Å². The Balaban J connectivity index is 1.62. The van der Waals surface area contributed by atoms with Gasteiger partial charge in [-0.2, -0.15) is 5.26 Å². The highest BCUT2D eigenvalue weighted by molar-refractivity contribution is 5.93. The minimum Gasteiger partial charge on any atom is -0.465 e. The van der Waals surface area contributed by atoms with E-state index in [-0.39, 0.29) is 24.1 Å². The van der Waals surface area contributed by atoms with Gasteiger partial charge in [0.25, 0.3) is 0 Å². The van der Waals surface area contributed by atoms with Crippen molar-refractivity contribution in [2.75, 3.05) is 7.11 Å². The summed E-state index contributed by atoms with van der Waals surface area (Å²) < 4.78 is 15.9. The van der Waals surface area contributed by atoms with Crippen LogP contribution < -0.4 is 4.74 Å². The number of para-hydroxylation sites is 1. The molecule has 1 aliphatic carbocycles. The molecule has 0 radical (unpaired) electrons. The lowest BCUT2D eigenvalue weighted by Gasteiger charge is -2.09. The van der Waals surface area contributed by atoms with E-state index in [1.165, 1.54) is 13.2 Å². The molecule has 3 rings (SSSR count). The Morgan fingerprint density at radius 3 is 2.47 bits per heavy atom. The van der Waals surface area contributed by atoms with Gasteiger partial charge in [-0.05, 0) is 41.2 Å². The molecule has 2 atom stereocenters. The van der Waals surface area contributed by atoms with Crippen molar-refractivity contribution in [3.8, 4) is 17.6 Å². The van der Waals surface area contributed by atoms with E-state index in [2.05, 4.69) is 4.74 Å². The van der Waals surface area contributed by atoms with Crippen LogP contribution in [0.4, 0.5) is 0 Å². The average Bonchev–Trinajstić information content (AvgIpc) is 3.30. The third kappa shape index (κ3) is 4.69. The Morgan fingerprint density at radius 2 is 1.80 bits per heavy atom. The van der Waals surface area contributed by atoms with Gasteiger partial charge < -0.3 is 14.2 Å². The Kier molecular flexibility index (Phi) is 6.22. The maximum atomic E-state index is 12.6. The molecule has 2 aromatic carbocycles. The number of benzene rings is 2. The van der Waals surface area contributed by atoms with Crippen molar-refractivity contribution in [3.63, 3.8) is 0 Å². The number of esters is 2. The second kappa shape index (κ2) is 8.83. The van der Waals surface area contributed by atoms with Crippen molar-refractivity contribution in [1.29, 1.82) is 5.26 Å². The van der Waals surface area contributed by atoms with Crippen LogP contribution in [-0.2, 0) is 25.7 Å². The molecule has 6 nitrogen and oxygen atoms in total. The maximum absolute atomic E-state index is 12.6. The first-order valence-corrected chi connectivity index (χ1v) is 9.55. The molecule has 0 bridgehead atoms. The third-order valence-corrected chi connectivity index (χ3v) is 5.30. The molecular weight excluding hydrogens is 382 g/mol. The summed E-state index contributed by atoms with van der Waals surface area (Å²) in [6, 6.07) is 18.6. The summed E-state index contributed by atoms with van der Waals surface area (Å²) in [5.41, 5.74) is 0.303. The molecule has 1 fully saturated rings. The molecule has 30 heavy (non-hydrogen) atoms. The van der Waals surface area contributed by atoms with E-state index in [1.54, 1.807) is 0 Å². The van der Waals surface area contributed by atoms with E-state index in [9.17, 15) is 9.59 Å². The lowest BCUT2D eigenvalue weighted by Crippen LogP contribution is -2.10. The Hall–Kier alpha value is -3.59. The summed E-state index contributed by atoms with van der Waals surface area (Å²) in [4.78, 5) is 24.2. The molecule has 0 aliphatic heterocycles. The van der Waals surface area contributed by atoms with E-state index in [4.69, 9.17) is 14.7 Å². The first-order chi connectivity index (χ1) is 14.4. The van der Waals surface area contributed by atoms with Gasteiger partial charge in [0.2, 0.25) is 0 Å². The monoisotopic (exact) mass is 405 g/mol. The maximum Gasteiger partial charge on any atom is 0.348 e. The van der Waals surface area contributed by atoms with Crippen LogP contribution in [0.15, 0.2) is 66.2 Å². The molecule has 1 aliphatic rings. The van der Waals surface area contributed by atoms with Gasteiger partial charge in [0.05, 0.1) is 13.0 Å². The van der Waals surface area contributed by atoms with Crippen LogP contribution in [0.25, 0.3) is 0 Å². The fourth-order valence-corrected chi connectivity index (χ4v) is 3.45. The number of carbonyl (C=O) groups is 2. The van der Waals surface area contributed by atoms with Gasteiger partial charge in [-0.25, -0.2) is 4.79 Å². The molecule has 0 amide bonds. The number of rotatable bonds is 7. The normalized spacial score (nSPS) is 19.3. The number of nitrogens with zero attached hydrogens (tertiary/aromatic N) is 1. The molecule has 1 saturated carbocycles. The SMILES string of the molecule is COC(=O)C(C#N)=CC1C(C(=O)OCc2cccc(Oc3ccccc3)c2)C1(C)C. The van der Waals surface area contributed by atoms with Gasteiger partial charge in [0.1, 0.15) is 29.7 Å². The van der Waals surface area contributed by atoms with Crippen molar-refractivity contribution in [1.82, 2.24) is 0 Å². The topological polar surface area (TPSA) is 85.6 Å². The van der Waals surface area contributed by atoms with Crippen LogP contribution in [0.5, 0.6) is 11.5 Å². The molecule has 2 aromatic rings. The average molecular weight is 405 g/mol. The lowest BCUT2D eigenvalue weighted by molar-refractivity contribution is -0.147. The summed E-state index contributed by atoms with van der Waals surface area (Å²) in [7, 11) is 1.22. The van der Waals surface area contributed by atoms with E-state index in [0.29, 0.717) is 5.75 Å². The Morgan fingerprint density at radius 1 is 1.10 bits per heavy atom. The third-order valence-electron chi connectivity index (χ3n) is 5.30. The molecular formula is C24H23NO5. The Bertz CT molecular complexity index is 1000. The van der Waals surface area contributed by atoms with Crippen LogP contribution in [0.2, 0.25) is 0 Å². The highest BCUT2D eigenvalue weighted by atomic mass is 16.5. The van der Waals surface area contributed by atoms with Crippen LogP contribution in [-0.4, -0.2) is 19.0 Å². The minimum absolute atomic E-state index is 0.100. The molecule has 0 aromatic heterocycles. The predicted molar refractivity (Wildman–Crippen MR) is 109 cm³/mol. The molecule has 0 spiro atoms. The molecule has 0 N–H and O–H groups in total. The van der Waals surface area contributed by atoms with Crippen molar-refractivity contribution in [3.05, 3.63) is 71.8 Å².